The third kappa shape index (κ3) is 17.2. The van der Waals surface area contributed by atoms with Gasteiger partial charge in [0.05, 0.1) is 0 Å². The van der Waals surface area contributed by atoms with Crippen LogP contribution in [0.1, 0.15) is 122 Å². The number of carbonyl (C=O) groups excluding carboxylic acids is 1. The Balaban J connectivity index is 1.78. The molecule has 0 saturated carbocycles. The molecule has 0 saturated heterocycles. The van der Waals surface area contributed by atoms with Crippen molar-refractivity contribution in [1.29, 1.82) is 0 Å². The van der Waals surface area contributed by atoms with Crippen LogP contribution in [0.5, 0.6) is 0 Å². The van der Waals surface area contributed by atoms with E-state index in [4.69, 9.17) is 4.74 Å². The van der Waals surface area contributed by atoms with Crippen LogP contribution >= 0.6 is 0 Å². The lowest BCUT2D eigenvalue weighted by atomic mass is 10.1. The van der Waals surface area contributed by atoms with Crippen molar-refractivity contribution >= 4 is 5.97 Å². The molecule has 0 aliphatic heterocycles. The number of hydrogen-bond acceptors (Lipinski definition) is 3. The summed E-state index contributed by atoms with van der Waals surface area (Å²) in [4.78, 5) is 15.7. The summed E-state index contributed by atoms with van der Waals surface area (Å²) in [6.07, 6.45) is 29.6. The maximum absolute atomic E-state index is 11.7. The van der Waals surface area contributed by atoms with E-state index in [2.05, 4.69) is 24.1 Å². The zero-order valence-electron chi connectivity index (χ0n) is 19.5. The zero-order valence-corrected chi connectivity index (χ0v) is 19.5. The highest BCUT2D eigenvalue weighted by Crippen LogP contribution is 2.12. The summed E-state index contributed by atoms with van der Waals surface area (Å²) in [6.45, 7) is 2.61. The number of hydrogen-bond donors (Lipinski definition) is 0. The van der Waals surface area contributed by atoms with Crippen molar-refractivity contribution in [2.75, 3.05) is 0 Å². The Labute approximate surface area is 185 Å². The quantitative estimate of drug-likeness (QED) is 0.122. The highest BCUT2D eigenvalue weighted by atomic mass is 16.5. The second kappa shape index (κ2) is 20.6. The highest BCUT2D eigenvalue weighted by molar-refractivity contribution is 5.69. The summed E-state index contributed by atoms with van der Waals surface area (Å²) in [5, 5.41) is 0. The smallest absolute Gasteiger partial charge is 0.306 e. The van der Waals surface area contributed by atoms with Gasteiger partial charge in [0.15, 0.2) is 0 Å². The molecule has 1 heterocycles. The number of carbonyl (C=O) groups is 1. The first-order valence-electron chi connectivity index (χ1n) is 12.5. The first-order chi connectivity index (χ1) is 14.8. The van der Waals surface area contributed by atoms with Crippen molar-refractivity contribution in [2.45, 2.75) is 123 Å². The highest BCUT2D eigenvalue weighted by Gasteiger charge is 2.03. The molecule has 30 heavy (non-hydrogen) atoms. The maximum Gasteiger partial charge on any atom is 0.306 e. The monoisotopic (exact) mass is 415 g/mol. The Hall–Kier alpha value is -1.64. The van der Waals surface area contributed by atoms with E-state index in [1.165, 1.54) is 77.0 Å². The van der Waals surface area contributed by atoms with Crippen LogP contribution in [-0.4, -0.2) is 11.0 Å². The van der Waals surface area contributed by atoms with E-state index in [-0.39, 0.29) is 5.97 Å². The number of unbranched alkanes of at least 4 members (excludes halogenated alkanes) is 14. The number of nitrogens with zero attached hydrogens (tertiary/aromatic N) is 1. The molecular weight excluding hydrogens is 370 g/mol. The molecule has 0 radical (unpaired) electrons. The van der Waals surface area contributed by atoms with Crippen molar-refractivity contribution in [3.05, 3.63) is 42.2 Å². The minimum atomic E-state index is -0.106. The Bertz CT molecular complexity index is 527. The first-order valence-corrected chi connectivity index (χ1v) is 12.5. The molecule has 3 heteroatoms. The van der Waals surface area contributed by atoms with Crippen LogP contribution in [0.3, 0.4) is 0 Å². The molecule has 0 atom stereocenters. The largest absolute Gasteiger partial charge is 0.461 e. The second-order valence-corrected chi connectivity index (χ2v) is 8.42. The molecule has 1 aromatic heterocycles. The van der Waals surface area contributed by atoms with E-state index in [1.54, 1.807) is 12.4 Å². The van der Waals surface area contributed by atoms with Crippen LogP contribution in [-0.2, 0) is 16.1 Å². The van der Waals surface area contributed by atoms with Gasteiger partial charge in [-0.2, -0.15) is 0 Å². The van der Waals surface area contributed by atoms with E-state index in [0.717, 1.165) is 31.2 Å². The van der Waals surface area contributed by atoms with Crippen LogP contribution in [0.4, 0.5) is 0 Å². The Morgan fingerprint density at radius 3 is 1.97 bits per heavy atom. The molecule has 1 aromatic rings. The summed E-state index contributed by atoms with van der Waals surface area (Å²) >= 11 is 0. The normalized spacial score (nSPS) is 11.2. The van der Waals surface area contributed by atoms with Gasteiger partial charge in [-0.3, -0.25) is 9.78 Å². The molecule has 0 aromatic carbocycles. The summed E-state index contributed by atoms with van der Waals surface area (Å²) in [7, 11) is 0. The van der Waals surface area contributed by atoms with Gasteiger partial charge in [-0.1, -0.05) is 95.8 Å². The van der Waals surface area contributed by atoms with E-state index in [0.29, 0.717) is 13.0 Å². The number of pyridine rings is 1. The summed E-state index contributed by atoms with van der Waals surface area (Å²) in [5.41, 5.74) is 0.939. The van der Waals surface area contributed by atoms with Crippen LogP contribution in [0.15, 0.2) is 36.7 Å². The Morgan fingerprint density at radius 2 is 1.40 bits per heavy atom. The predicted octanol–water partition coefficient (Wildman–Crippen LogP) is 8.33. The second-order valence-electron chi connectivity index (χ2n) is 8.42. The van der Waals surface area contributed by atoms with Gasteiger partial charge in [0.25, 0.3) is 0 Å². The minimum Gasteiger partial charge on any atom is -0.461 e. The molecule has 0 unspecified atom stereocenters. The summed E-state index contributed by atoms with van der Waals surface area (Å²) in [5.74, 6) is -0.106. The lowest BCUT2D eigenvalue weighted by molar-refractivity contribution is -0.145. The van der Waals surface area contributed by atoms with E-state index in [9.17, 15) is 4.79 Å². The molecule has 0 amide bonds. The van der Waals surface area contributed by atoms with Gasteiger partial charge in [-0.05, 0) is 38.2 Å². The number of ether oxygens (including phenoxy) is 1. The molecule has 170 valence electrons. The van der Waals surface area contributed by atoms with E-state index < -0.39 is 0 Å². The molecular formula is C27H45NO2. The standard InChI is InChI=1S/C27H45NO2/c1-2-3-4-5-6-7-8-9-10-11-12-13-14-15-16-17-18-19-22-27(29)30-25-26-21-20-23-28-24-26/h14-15,20-21,23-24H,2-13,16-19,22,25H2,1H3/b15-14-. The first kappa shape index (κ1) is 26.4. The van der Waals surface area contributed by atoms with Crippen LogP contribution < -0.4 is 0 Å². The molecule has 1 rings (SSSR count). The lowest BCUT2D eigenvalue weighted by Crippen LogP contribution is -2.04. The van der Waals surface area contributed by atoms with Crippen molar-refractivity contribution < 1.29 is 9.53 Å². The van der Waals surface area contributed by atoms with Gasteiger partial charge in [0.2, 0.25) is 0 Å². The molecule has 3 nitrogen and oxygen atoms in total. The topological polar surface area (TPSA) is 39.2 Å². The zero-order chi connectivity index (χ0) is 21.5. The Kier molecular flexibility index (Phi) is 18.1. The van der Waals surface area contributed by atoms with Crippen molar-refractivity contribution in [2.24, 2.45) is 0 Å². The third-order valence-corrected chi connectivity index (χ3v) is 5.52. The SMILES string of the molecule is CCCCCCCCCCCCC/C=C\CCCCCC(=O)OCc1cccnc1. The average molecular weight is 416 g/mol. The van der Waals surface area contributed by atoms with Crippen molar-refractivity contribution in [3.63, 3.8) is 0 Å². The van der Waals surface area contributed by atoms with Crippen molar-refractivity contribution in [3.8, 4) is 0 Å². The fourth-order valence-electron chi connectivity index (χ4n) is 3.59. The van der Waals surface area contributed by atoms with Crippen LogP contribution in [0, 0.1) is 0 Å². The molecule has 0 N–H and O–H groups in total. The molecule has 0 aliphatic carbocycles. The van der Waals surface area contributed by atoms with Crippen LogP contribution in [0.25, 0.3) is 0 Å². The third-order valence-electron chi connectivity index (χ3n) is 5.52. The fourth-order valence-corrected chi connectivity index (χ4v) is 3.59. The van der Waals surface area contributed by atoms with Gasteiger partial charge in [-0.25, -0.2) is 0 Å². The van der Waals surface area contributed by atoms with Crippen molar-refractivity contribution in [1.82, 2.24) is 4.98 Å². The van der Waals surface area contributed by atoms with Gasteiger partial charge in [0.1, 0.15) is 6.61 Å². The number of aromatic nitrogens is 1. The molecule has 0 aliphatic rings. The molecule has 0 spiro atoms. The Morgan fingerprint density at radius 1 is 0.833 bits per heavy atom. The molecule has 0 bridgehead atoms. The van der Waals surface area contributed by atoms with Crippen LogP contribution in [0.2, 0.25) is 0 Å². The van der Waals surface area contributed by atoms with E-state index in [1.807, 2.05) is 12.1 Å². The number of allylic oxidation sites excluding steroid dienone is 2. The minimum absolute atomic E-state index is 0.106. The summed E-state index contributed by atoms with van der Waals surface area (Å²) < 4.78 is 5.27. The predicted molar refractivity (Wildman–Crippen MR) is 127 cm³/mol. The van der Waals surface area contributed by atoms with Gasteiger partial charge in [0, 0.05) is 24.4 Å². The average Bonchev–Trinajstić information content (AvgIpc) is 2.77. The lowest BCUT2D eigenvalue weighted by Gasteiger charge is -2.04. The fraction of sp³-hybridized carbons (Fsp3) is 0.704. The summed E-state index contributed by atoms with van der Waals surface area (Å²) in [6, 6.07) is 3.77. The van der Waals surface area contributed by atoms with Gasteiger partial charge < -0.3 is 4.74 Å². The van der Waals surface area contributed by atoms with E-state index >= 15 is 0 Å². The molecule has 0 fully saturated rings. The number of rotatable bonds is 20. The van der Waals surface area contributed by atoms with Gasteiger partial charge in [-0.15, -0.1) is 0 Å². The number of esters is 1. The van der Waals surface area contributed by atoms with Gasteiger partial charge >= 0.3 is 5.97 Å². The maximum atomic E-state index is 11.7.